The number of anilines is 2. The van der Waals surface area contributed by atoms with Crippen LogP contribution in [0.15, 0.2) is 85.1 Å². The van der Waals surface area contributed by atoms with Crippen LogP contribution in [-0.2, 0) is 119 Å². The van der Waals surface area contributed by atoms with Gasteiger partial charge in [0, 0.05) is 118 Å². The monoisotopic (exact) mass is 2200 g/mol. The van der Waals surface area contributed by atoms with E-state index in [2.05, 4.69) is 96.5 Å². The minimum absolute atomic E-state index is 0.0102. The number of pyridine rings is 2. The first kappa shape index (κ1) is 127. The van der Waals surface area contributed by atoms with Crippen LogP contribution in [0, 0.1) is 3.57 Å². The fourth-order valence-electron chi connectivity index (χ4n) is 13.1. The molecule has 2 heterocycles. The Bertz CT molecular complexity index is 4460. The number of halogens is 1. The normalized spacial score (nSPS) is 12.2. The summed E-state index contributed by atoms with van der Waals surface area (Å²) in [7, 11) is 0. The molecular formula is C94H146IN17O33S. The number of aromatic carboxylic acids is 2. The number of unbranched alkanes of at least 4 members (excludes halogenated alkanes) is 3. The topological polar surface area (TPSA) is 689 Å². The highest BCUT2D eigenvalue weighted by Gasteiger charge is 2.27. The fourth-order valence-corrected chi connectivity index (χ4v) is 13.7. The van der Waals surface area contributed by atoms with Crippen LogP contribution in [0.4, 0.5) is 21.0 Å². The van der Waals surface area contributed by atoms with E-state index in [0.717, 1.165) is 9.13 Å². The number of ether oxygens (including phenoxy) is 13. The molecule has 0 aliphatic heterocycles. The van der Waals surface area contributed by atoms with Crippen LogP contribution < -0.4 is 69.8 Å². The molecule has 818 valence electrons. The van der Waals surface area contributed by atoms with E-state index < -0.39 is 103 Å². The lowest BCUT2D eigenvalue weighted by Gasteiger charge is -2.22. The summed E-state index contributed by atoms with van der Waals surface area (Å²) in [6.07, 6.45) is 3.87. The Balaban J connectivity index is 1.10. The zero-order valence-corrected chi connectivity index (χ0v) is 85.3. The van der Waals surface area contributed by atoms with Gasteiger partial charge in [-0.05, 0) is 153 Å². The minimum atomic E-state index is -1.55. The maximum atomic E-state index is 13.7. The van der Waals surface area contributed by atoms with Crippen LogP contribution in [0.5, 0.6) is 0 Å². The number of carboxylic acid groups (broad SMARTS) is 6. The van der Waals surface area contributed by atoms with Crippen molar-refractivity contribution in [3.05, 3.63) is 123 Å². The molecule has 4 rings (SSSR count). The van der Waals surface area contributed by atoms with Crippen LogP contribution >= 0.6 is 34.8 Å². The van der Waals surface area contributed by atoms with Crippen molar-refractivity contribution >= 4 is 128 Å². The van der Waals surface area contributed by atoms with Crippen LogP contribution in [-0.4, -0.2) is 405 Å². The van der Waals surface area contributed by atoms with Crippen LogP contribution in [0.2, 0.25) is 0 Å². The van der Waals surface area contributed by atoms with E-state index in [1.165, 1.54) is 12.1 Å². The Labute approximate surface area is 866 Å². The first-order valence-electron chi connectivity index (χ1n) is 48.2. The molecular weight excluding hydrogens is 2050 g/mol. The van der Waals surface area contributed by atoms with Crippen LogP contribution in [0.25, 0.3) is 5.70 Å². The molecule has 50 nitrogen and oxygen atoms in total. The third-order valence-corrected chi connectivity index (χ3v) is 21.6. The predicted octanol–water partition coefficient (Wildman–Crippen LogP) is 1.33. The maximum Gasteiger partial charge on any atom is 0.354 e. The number of carbonyl (C=O) groups excluding carboxylic acids is 6. The van der Waals surface area contributed by atoms with Gasteiger partial charge in [-0.3, -0.25) is 39.6 Å². The molecule has 0 saturated carbocycles. The van der Waals surface area contributed by atoms with Gasteiger partial charge in [-0.15, -0.1) is 0 Å². The lowest BCUT2D eigenvalue weighted by molar-refractivity contribution is -0.142. The molecule has 0 saturated heterocycles. The quantitative estimate of drug-likeness (QED) is 0.00974. The number of urea groups is 2. The number of nitrogens with one attached hydrogen (secondary N) is 12. The van der Waals surface area contributed by atoms with Crippen molar-refractivity contribution in [3.8, 4) is 0 Å². The first-order chi connectivity index (χ1) is 70.6. The number of benzene rings is 2. The SMILES string of the molecule is NN/C(=C\NCCOCCOCCOCCC(=O)N[C@@H](CCCCNC(=S)Nc1cc(CN(CCO)CCOCCOCCN(CCO)Cc2cccc(C(=O)O)n2)nc(C(=O)O)c1)C(=O)NCCOCCOCCOCCOCCOCCOCCOCCOCCC(=O)N[C@@H](CCCCNC(=O)Cc1ccc(I)cc1)C(=O)O)c1cccc(NC(=O)NCCCC[C@H](NC(=O)NC(CCC(=O)O)C(=O)O)C(=O)O)c1. The van der Waals surface area contributed by atoms with Crippen molar-refractivity contribution in [3.63, 3.8) is 0 Å². The molecule has 52 heteroatoms. The molecule has 4 aromatic rings. The van der Waals surface area contributed by atoms with Gasteiger partial charge in [-0.2, -0.15) is 0 Å². The predicted molar refractivity (Wildman–Crippen MR) is 541 cm³/mol. The molecule has 146 heavy (non-hydrogen) atoms. The number of hydrogen-bond donors (Lipinski definition) is 21. The first-order valence-corrected chi connectivity index (χ1v) is 49.7. The van der Waals surface area contributed by atoms with E-state index in [9.17, 15) is 93.3 Å². The third-order valence-electron chi connectivity index (χ3n) is 20.6. The Morgan fingerprint density at radius 2 is 0.822 bits per heavy atom. The average molecular weight is 2200 g/mol. The number of aromatic nitrogens is 2. The number of hydrazine groups is 1. The van der Waals surface area contributed by atoms with Crippen molar-refractivity contribution in [1.29, 1.82) is 0 Å². The van der Waals surface area contributed by atoms with Crippen molar-refractivity contribution in [2.45, 2.75) is 127 Å². The van der Waals surface area contributed by atoms with E-state index in [1.54, 1.807) is 48.7 Å². The Morgan fingerprint density at radius 3 is 1.31 bits per heavy atom. The molecule has 0 bridgehead atoms. The highest BCUT2D eigenvalue weighted by Crippen LogP contribution is 2.19. The number of aliphatic hydroxyl groups is 2. The van der Waals surface area contributed by atoms with E-state index >= 15 is 0 Å². The highest BCUT2D eigenvalue weighted by molar-refractivity contribution is 14.1. The van der Waals surface area contributed by atoms with Crippen LogP contribution in [0.3, 0.4) is 0 Å². The van der Waals surface area contributed by atoms with E-state index in [-0.39, 0.29) is 199 Å². The van der Waals surface area contributed by atoms with Gasteiger partial charge in [0.15, 0.2) is 10.8 Å². The summed E-state index contributed by atoms with van der Waals surface area (Å²) in [5.74, 6) is -3.26. The third kappa shape index (κ3) is 64.9. The molecule has 0 aliphatic rings. The Kier molecular flexibility index (Phi) is 71.5. The van der Waals surface area contributed by atoms with Crippen molar-refractivity contribution < 1.29 is 160 Å². The molecule has 1 unspecified atom stereocenters. The summed E-state index contributed by atoms with van der Waals surface area (Å²) >= 11 is 7.80. The molecule has 0 radical (unpaired) electrons. The molecule has 4 atom stereocenters. The second-order valence-electron chi connectivity index (χ2n) is 32.2. The van der Waals surface area contributed by atoms with E-state index in [1.807, 2.05) is 34.1 Å². The second kappa shape index (κ2) is 82.0. The second-order valence-corrected chi connectivity index (χ2v) is 33.8. The molecule has 22 N–H and O–H groups in total. The van der Waals surface area contributed by atoms with Gasteiger partial charge in [-0.25, -0.2) is 43.5 Å². The molecule has 0 aliphatic carbocycles. The summed E-state index contributed by atoms with van der Waals surface area (Å²) in [5.41, 5.74) is 5.97. The van der Waals surface area contributed by atoms with Gasteiger partial charge < -0.3 is 166 Å². The van der Waals surface area contributed by atoms with E-state index in [0.29, 0.717) is 191 Å². The largest absolute Gasteiger partial charge is 0.481 e. The number of aliphatic carboxylic acids is 4. The lowest BCUT2D eigenvalue weighted by atomic mass is 10.1. The minimum Gasteiger partial charge on any atom is -0.481 e. The molecule has 2 aromatic carbocycles. The summed E-state index contributed by atoms with van der Waals surface area (Å²) in [4.78, 5) is 158. The lowest BCUT2D eigenvalue weighted by Crippen LogP contribution is -2.51. The Hall–Kier alpha value is -11.0. The molecule has 0 fully saturated rings. The molecule has 8 amide bonds. The standard InChI is InChI=1S/C94H146IN17O33S/c95-70-18-16-68(17-19-70)61-84(117)98-24-4-2-13-77(88(123)124)107-83(116)23-36-134-42-48-140-51-53-142-55-57-144-59-60-145-58-56-143-54-52-141-50-44-136-38-28-99-86(120)75(12-1-6-26-101-94(146)105-73-63-74(103-80(64-73)91(129)130)67-112(30-34-114)32-40-138-46-45-137-39-31-111(29-33-113)66-72-11-8-15-76(102-72)87(121)122)106-82(115)22-35-133-41-47-139-49-43-135-37-27-97-65-81(110-96)69-9-7-10-71(62-69)104-92(131)100-25-5-3-14-78(89(125)126)108-93(132)109-79(90(127)128)20-21-85(118)119/h7-11,15-19,62-65,75,77-79,97,110,113-114H,1-6,12-14,20-61,66-67,96H2,(H,98,117)(H,99,120)(H,106,115)(H,107,116)(H,118,119)(H,121,122)(H,123,124)(H,125,126)(H,127,128)(H,129,130)(H2,100,104,131)(H2,108,109,132)(H2,101,103,105,146)/b81-65-/t75-,77-,78-,79?/m0/s1. The Morgan fingerprint density at radius 1 is 0.390 bits per heavy atom. The average Bonchev–Trinajstić information content (AvgIpc) is 0.834. The van der Waals surface area contributed by atoms with Gasteiger partial charge in [-0.1, -0.05) is 30.3 Å². The number of nitrogens with zero attached hydrogens (tertiary/aromatic N) is 4. The fraction of sp³-hybridized carbons (Fsp3) is 0.606. The number of nitrogens with two attached hydrogens (primary N) is 1. The van der Waals surface area contributed by atoms with Gasteiger partial charge >= 0.3 is 47.9 Å². The number of amides is 8. The number of aliphatic hydroxyl groups excluding tert-OH is 2. The molecule has 0 spiro atoms. The van der Waals surface area contributed by atoms with Crippen molar-refractivity contribution in [2.75, 3.05) is 255 Å². The maximum absolute atomic E-state index is 13.7. The van der Waals surface area contributed by atoms with Crippen molar-refractivity contribution in [2.24, 2.45) is 5.84 Å². The summed E-state index contributed by atoms with van der Waals surface area (Å²) < 4.78 is 74.2. The zero-order chi connectivity index (χ0) is 106. The summed E-state index contributed by atoms with van der Waals surface area (Å²) in [6, 6.07) is 15.6. The number of thiocarbonyl (C=S) groups is 1. The van der Waals surface area contributed by atoms with Crippen LogP contribution in [0.1, 0.15) is 127 Å². The van der Waals surface area contributed by atoms with Gasteiger partial charge in [0.1, 0.15) is 29.9 Å². The summed E-state index contributed by atoms with van der Waals surface area (Å²) in [6.45, 7) is 9.77. The number of rotatable bonds is 91. The zero-order valence-electron chi connectivity index (χ0n) is 82.3. The smallest absolute Gasteiger partial charge is 0.354 e. The summed E-state index contributed by atoms with van der Waals surface area (Å²) in [5, 5.41) is 106. The number of carbonyl (C=O) groups is 12. The van der Waals surface area contributed by atoms with Gasteiger partial charge in [0.05, 0.1) is 208 Å². The molecule has 2 aromatic heterocycles. The number of hydrogen-bond acceptors (Lipinski definition) is 35. The van der Waals surface area contributed by atoms with E-state index in [4.69, 9.17) is 84.7 Å². The van der Waals surface area contributed by atoms with Crippen molar-refractivity contribution in [1.82, 2.24) is 73.0 Å². The van der Waals surface area contributed by atoms with Gasteiger partial charge in [0.25, 0.3) is 0 Å². The number of carboxylic acids is 6. The van der Waals surface area contributed by atoms with Gasteiger partial charge in [0.2, 0.25) is 23.6 Å². The highest BCUT2D eigenvalue weighted by atomic mass is 127.